The highest BCUT2D eigenvalue weighted by Gasteiger charge is 2.30. The summed E-state index contributed by atoms with van der Waals surface area (Å²) in [6.45, 7) is 3.15. The van der Waals surface area contributed by atoms with Crippen molar-refractivity contribution in [2.45, 2.75) is 26.2 Å². The van der Waals surface area contributed by atoms with Crippen LogP contribution in [0, 0.1) is 11.3 Å². The molecule has 0 radical (unpaired) electrons. The van der Waals surface area contributed by atoms with Crippen LogP contribution < -0.4 is 10.6 Å². The molecule has 0 heterocycles. The van der Waals surface area contributed by atoms with Gasteiger partial charge in [-0.05, 0) is 42.3 Å². The van der Waals surface area contributed by atoms with Gasteiger partial charge in [0.2, 0.25) is 0 Å². The van der Waals surface area contributed by atoms with Crippen molar-refractivity contribution in [3.63, 3.8) is 0 Å². The number of guanidine groups is 1. The van der Waals surface area contributed by atoms with Crippen molar-refractivity contribution in [1.82, 2.24) is 10.6 Å². The lowest BCUT2D eigenvalue weighted by atomic mass is 10.1. The Morgan fingerprint density at radius 2 is 1.81 bits per heavy atom. The van der Waals surface area contributed by atoms with Gasteiger partial charge in [0.15, 0.2) is 5.96 Å². The summed E-state index contributed by atoms with van der Waals surface area (Å²) in [5.41, 5.74) is 1.35. The van der Waals surface area contributed by atoms with E-state index in [1.165, 1.54) is 6.07 Å². The number of hydrogen-bond donors (Lipinski definition) is 2. The molecule has 0 aliphatic carbocycles. The quantitative estimate of drug-likeness (QED) is 0.629. The van der Waals surface area contributed by atoms with E-state index in [0.717, 1.165) is 17.7 Å². The van der Waals surface area contributed by atoms with Gasteiger partial charge in [0.05, 0.1) is 23.7 Å². The fourth-order valence-electron chi connectivity index (χ4n) is 2.24. The number of nitriles is 1. The van der Waals surface area contributed by atoms with Crippen LogP contribution in [0.25, 0.3) is 0 Å². The molecule has 0 unspecified atom stereocenters. The number of nitrogens with zero attached hydrogens (tertiary/aromatic N) is 2. The SMILES string of the molecule is CCNC(=NCc1cccc(C(F)(F)F)c1)NCc1ccc(C#N)cc1. The van der Waals surface area contributed by atoms with Crippen LogP contribution in [0.1, 0.15) is 29.2 Å². The summed E-state index contributed by atoms with van der Waals surface area (Å²) in [7, 11) is 0. The number of benzene rings is 2. The van der Waals surface area contributed by atoms with E-state index in [2.05, 4.69) is 21.7 Å². The summed E-state index contributed by atoms with van der Waals surface area (Å²) in [4.78, 5) is 4.33. The Morgan fingerprint density at radius 1 is 1.08 bits per heavy atom. The van der Waals surface area contributed by atoms with E-state index >= 15 is 0 Å². The second-order valence-electron chi connectivity index (χ2n) is 5.56. The Bertz CT molecular complexity index is 790. The van der Waals surface area contributed by atoms with Gasteiger partial charge >= 0.3 is 6.18 Å². The summed E-state index contributed by atoms with van der Waals surface area (Å²) < 4.78 is 38.3. The van der Waals surface area contributed by atoms with Crippen LogP contribution in [0.15, 0.2) is 53.5 Å². The molecule has 0 aliphatic rings. The Hall–Kier alpha value is -3.01. The number of hydrogen-bond acceptors (Lipinski definition) is 2. The van der Waals surface area contributed by atoms with Crippen LogP contribution in [0.4, 0.5) is 13.2 Å². The van der Waals surface area contributed by atoms with Gasteiger partial charge in [-0.2, -0.15) is 18.4 Å². The smallest absolute Gasteiger partial charge is 0.357 e. The van der Waals surface area contributed by atoms with Gasteiger partial charge in [-0.25, -0.2) is 4.99 Å². The van der Waals surface area contributed by atoms with Crippen LogP contribution in [0.3, 0.4) is 0 Å². The molecule has 2 rings (SSSR count). The van der Waals surface area contributed by atoms with E-state index in [0.29, 0.717) is 30.2 Å². The van der Waals surface area contributed by atoms with Crippen molar-refractivity contribution < 1.29 is 13.2 Å². The maximum Gasteiger partial charge on any atom is 0.416 e. The van der Waals surface area contributed by atoms with Crippen LogP contribution in [-0.2, 0) is 19.3 Å². The zero-order chi connectivity index (χ0) is 19.0. The van der Waals surface area contributed by atoms with Crippen LogP contribution in [-0.4, -0.2) is 12.5 Å². The third-order valence-electron chi connectivity index (χ3n) is 3.56. The van der Waals surface area contributed by atoms with Gasteiger partial charge in [0, 0.05) is 13.1 Å². The third-order valence-corrected chi connectivity index (χ3v) is 3.56. The van der Waals surface area contributed by atoms with Crippen molar-refractivity contribution in [3.8, 4) is 6.07 Å². The second-order valence-corrected chi connectivity index (χ2v) is 5.56. The first-order valence-electron chi connectivity index (χ1n) is 8.09. The minimum Gasteiger partial charge on any atom is -0.357 e. The third kappa shape index (κ3) is 5.81. The van der Waals surface area contributed by atoms with Crippen molar-refractivity contribution in [3.05, 3.63) is 70.8 Å². The van der Waals surface area contributed by atoms with Gasteiger partial charge in [0.25, 0.3) is 0 Å². The lowest BCUT2D eigenvalue weighted by molar-refractivity contribution is -0.137. The molecule has 0 aliphatic heterocycles. The van der Waals surface area contributed by atoms with Gasteiger partial charge < -0.3 is 10.6 Å². The molecule has 0 spiro atoms. The van der Waals surface area contributed by atoms with Gasteiger partial charge in [-0.1, -0.05) is 24.3 Å². The first-order valence-corrected chi connectivity index (χ1v) is 8.09. The molecule has 2 N–H and O–H groups in total. The maximum atomic E-state index is 12.8. The fraction of sp³-hybridized carbons (Fsp3) is 0.263. The molecule has 26 heavy (non-hydrogen) atoms. The Balaban J connectivity index is 2.03. The Labute approximate surface area is 150 Å². The average Bonchev–Trinajstić information content (AvgIpc) is 2.64. The van der Waals surface area contributed by atoms with Gasteiger partial charge in [-0.15, -0.1) is 0 Å². The molecule has 0 amide bonds. The molecule has 0 bridgehead atoms. The molecular weight excluding hydrogens is 341 g/mol. The predicted molar refractivity (Wildman–Crippen MR) is 94.3 cm³/mol. The number of halogens is 3. The highest BCUT2D eigenvalue weighted by Crippen LogP contribution is 2.29. The molecule has 0 atom stereocenters. The number of rotatable bonds is 5. The monoisotopic (exact) mass is 360 g/mol. The second kappa shape index (κ2) is 8.90. The molecule has 2 aromatic carbocycles. The van der Waals surface area contributed by atoms with Crippen LogP contribution >= 0.6 is 0 Å². The molecule has 7 heteroatoms. The fourth-order valence-corrected chi connectivity index (χ4v) is 2.24. The molecule has 0 saturated carbocycles. The highest BCUT2D eigenvalue weighted by atomic mass is 19.4. The zero-order valence-electron chi connectivity index (χ0n) is 14.3. The van der Waals surface area contributed by atoms with E-state index in [1.54, 1.807) is 18.2 Å². The van der Waals surface area contributed by atoms with E-state index < -0.39 is 11.7 Å². The van der Waals surface area contributed by atoms with Crippen LogP contribution in [0.2, 0.25) is 0 Å². The standard InChI is InChI=1S/C19H19F3N4/c1-2-24-18(25-12-15-8-6-14(11-23)7-9-15)26-13-16-4-3-5-17(10-16)19(20,21)22/h3-10H,2,12-13H2,1H3,(H2,24,25,26). The van der Waals surface area contributed by atoms with Crippen molar-refractivity contribution in [2.75, 3.05) is 6.54 Å². The number of alkyl halides is 3. The molecule has 0 saturated heterocycles. The first-order chi connectivity index (χ1) is 12.4. The molecule has 2 aromatic rings. The van der Waals surface area contributed by atoms with Crippen molar-refractivity contribution in [1.29, 1.82) is 5.26 Å². The van der Waals surface area contributed by atoms with Gasteiger partial charge in [0.1, 0.15) is 0 Å². The topological polar surface area (TPSA) is 60.2 Å². The van der Waals surface area contributed by atoms with Crippen molar-refractivity contribution >= 4 is 5.96 Å². The van der Waals surface area contributed by atoms with Crippen molar-refractivity contribution in [2.24, 2.45) is 4.99 Å². The molecule has 4 nitrogen and oxygen atoms in total. The summed E-state index contributed by atoms with van der Waals surface area (Å²) in [5.74, 6) is 0.509. The average molecular weight is 360 g/mol. The molecular formula is C19H19F3N4. The van der Waals surface area contributed by atoms with Crippen LogP contribution in [0.5, 0.6) is 0 Å². The minimum absolute atomic E-state index is 0.132. The summed E-state index contributed by atoms with van der Waals surface area (Å²) in [6.07, 6.45) is -4.36. The minimum atomic E-state index is -4.36. The molecule has 136 valence electrons. The highest BCUT2D eigenvalue weighted by molar-refractivity contribution is 5.79. The van der Waals surface area contributed by atoms with Gasteiger partial charge in [-0.3, -0.25) is 0 Å². The van der Waals surface area contributed by atoms with E-state index in [-0.39, 0.29) is 6.54 Å². The van der Waals surface area contributed by atoms with E-state index in [9.17, 15) is 13.2 Å². The molecule has 0 fully saturated rings. The predicted octanol–water partition coefficient (Wildman–Crippen LogP) is 3.83. The lowest BCUT2D eigenvalue weighted by Crippen LogP contribution is -2.36. The summed E-state index contributed by atoms with van der Waals surface area (Å²) in [6, 6.07) is 14.3. The first kappa shape index (κ1) is 19.3. The maximum absolute atomic E-state index is 12.8. The molecule has 0 aromatic heterocycles. The van der Waals surface area contributed by atoms with E-state index in [4.69, 9.17) is 5.26 Å². The normalized spacial score (nSPS) is 11.7. The Morgan fingerprint density at radius 3 is 2.42 bits per heavy atom. The summed E-state index contributed by atoms with van der Waals surface area (Å²) in [5, 5.41) is 15.0. The Kier molecular flexibility index (Phi) is 6.61. The van der Waals surface area contributed by atoms with E-state index in [1.807, 2.05) is 19.1 Å². The lowest BCUT2D eigenvalue weighted by Gasteiger charge is -2.12. The summed E-state index contributed by atoms with van der Waals surface area (Å²) >= 11 is 0. The largest absolute Gasteiger partial charge is 0.416 e. The number of aliphatic imine (C=N–C) groups is 1. The zero-order valence-corrected chi connectivity index (χ0v) is 14.3. The number of nitrogens with one attached hydrogen (secondary N) is 2.